The van der Waals surface area contributed by atoms with Crippen molar-refractivity contribution in [3.05, 3.63) is 30.2 Å². The van der Waals surface area contributed by atoms with Crippen molar-refractivity contribution in [2.24, 2.45) is 0 Å². The van der Waals surface area contributed by atoms with E-state index in [0.717, 1.165) is 23.6 Å². The minimum Gasteiger partial charge on any atom is -0.396 e. The van der Waals surface area contributed by atoms with Crippen LogP contribution in [0.25, 0.3) is 5.65 Å². The van der Waals surface area contributed by atoms with Gasteiger partial charge in [-0.3, -0.25) is 0 Å². The summed E-state index contributed by atoms with van der Waals surface area (Å²) in [5.41, 5.74) is 8.47. The SMILES string of the molecule is Nc1cccn2cc(CNC3CC3)nc12. The van der Waals surface area contributed by atoms with Gasteiger partial charge in [-0.25, -0.2) is 4.98 Å². The molecule has 0 bridgehead atoms. The first-order valence-corrected chi connectivity index (χ1v) is 5.28. The Morgan fingerprint density at radius 3 is 3.13 bits per heavy atom. The molecule has 0 atom stereocenters. The molecule has 4 heteroatoms. The second-order valence-electron chi connectivity index (χ2n) is 4.08. The molecule has 1 aliphatic rings. The maximum absolute atomic E-state index is 5.83. The van der Waals surface area contributed by atoms with E-state index in [1.807, 2.05) is 28.9 Å². The predicted molar refractivity (Wildman–Crippen MR) is 59.5 cm³/mol. The van der Waals surface area contributed by atoms with Crippen LogP contribution in [0.1, 0.15) is 18.5 Å². The minimum absolute atomic E-state index is 0.715. The van der Waals surface area contributed by atoms with E-state index in [4.69, 9.17) is 5.73 Å². The molecule has 2 heterocycles. The van der Waals surface area contributed by atoms with Crippen LogP contribution >= 0.6 is 0 Å². The van der Waals surface area contributed by atoms with Gasteiger partial charge in [0.1, 0.15) is 0 Å². The van der Waals surface area contributed by atoms with Gasteiger partial charge in [0, 0.05) is 25.0 Å². The van der Waals surface area contributed by atoms with Crippen molar-refractivity contribution in [2.75, 3.05) is 5.73 Å². The van der Waals surface area contributed by atoms with Crippen LogP contribution in [-0.4, -0.2) is 15.4 Å². The summed E-state index contributed by atoms with van der Waals surface area (Å²) in [5, 5.41) is 3.44. The fraction of sp³-hybridized carbons (Fsp3) is 0.364. The third-order valence-corrected chi connectivity index (χ3v) is 2.71. The summed E-state index contributed by atoms with van der Waals surface area (Å²) < 4.78 is 1.97. The molecule has 0 unspecified atom stereocenters. The van der Waals surface area contributed by atoms with E-state index < -0.39 is 0 Å². The second kappa shape index (κ2) is 3.24. The molecule has 0 aliphatic heterocycles. The maximum Gasteiger partial charge on any atom is 0.160 e. The Balaban J connectivity index is 1.88. The Kier molecular flexibility index (Phi) is 1.89. The highest BCUT2D eigenvalue weighted by molar-refractivity contribution is 5.64. The molecule has 15 heavy (non-hydrogen) atoms. The van der Waals surface area contributed by atoms with Crippen molar-refractivity contribution < 1.29 is 0 Å². The Bertz CT molecular complexity index is 484. The van der Waals surface area contributed by atoms with E-state index in [9.17, 15) is 0 Å². The van der Waals surface area contributed by atoms with Crippen molar-refractivity contribution in [2.45, 2.75) is 25.4 Å². The summed E-state index contributed by atoms with van der Waals surface area (Å²) >= 11 is 0. The number of nitrogens with two attached hydrogens (primary N) is 1. The number of rotatable bonds is 3. The fourth-order valence-electron chi connectivity index (χ4n) is 1.71. The lowest BCUT2D eigenvalue weighted by molar-refractivity contribution is 0.677. The normalized spacial score (nSPS) is 16.0. The van der Waals surface area contributed by atoms with Crippen molar-refractivity contribution in [3.63, 3.8) is 0 Å². The molecular weight excluding hydrogens is 188 g/mol. The van der Waals surface area contributed by atoms with Gasteiger partial charge >= 0.3 is 0 Å². The first-order chi connectivity index (χ1) is 7.33. The van der Waals surface area contributed by atoms with Crippen LogP contribution in [0.15, 0.2) is 24.5 Å². The number of nitrogens with one attached hydrogen (secondary N) is 1. The molecule has 0 spiro atoms. The van der Waals surface area contributed by atoms with Crippen LogP contribution in [0, 0.1) is 0 Å². The van der Waals surface area contributed by atoms with Gasteiger partial charge in [0.05, 0.1) is 11.4 Å². The molecule has 0 amide bonds. The van der Waals surface area contributed by atoms with E-state index in [1.165, 1.54) is 12.8 Å². The second-order valence-corrected chi connectivity index (χ2v) is 4.08. The summed E-state index contributed by atoms with van der Waals surface area (Å²) in [5.74, 6) is 0. The molecule has 2 aromatic heterocycles. The number of hydrogen-bond donors (Lipinski definition) is 2. The van der Waals surface area contributed by atoms with Gasteiger partial charge in [-0.15, -0.1) is 0 Å². The van der Waals surface area contributed by atoms with Gasteiger partial charge in [-0.05, 0) is 25.0 Å². The lowest BCUT2D eigenvalue weighted by atomic mass is 10.4. The van der Waals surface area contributed by atoms with E-state index in [0.29, 0.717) is 6.04 Å². The zero-order valence-electron chi connectivity index (χ0n) is 8.48. The lowest BCUT2D eigenvalue weighted by Crippen LogP contribution is -2.15. The number of nitrogen functional groups attached to an aromatic ring is 1. The van der Waals surface area contributed by atoms with Gasteiger partial charge in [-0.1, -0.05) is 0 Å². The number of nitrogens with zero attached hydrogens (tertiary/aromatic N) is 2. The van der Waals surface area contributed by atoms with E-state index in [-0.39, 0.29) is 0 Å². The summed E-state index contributed by atoms with van der Waals surface area (Å²) in [6.07, 6.45) is 6.60. The highest BCUT2D eigenvalue weighted by Gasteiger charge is 2.20. The minimum atomic E-state index is 0.715. The van der Waals surface area contributed by atoms with Gasteiger partial charge in [0.25, 0.3) is 0 Å². The van der Waals surface area contributed by atoms with Crippen LogP contribution in [0.3, 0.4) is 0 Å². The average Bonchev–Trinajstić information content (AvgIpc) is 2.95. The Morgan fingerprint density at radius 2 is 2.40 bits per heavy atom. The van der Waals surface area contributed by atoms with Crippen molar-refractivity contribution in [1.29, 1.82) is 0 Å². The van der Waals surface area contributed by atoms with E-state index in [1.54, 1.807) is 0 Å². The molecule has 4 nitrogen and oxygen atoms in total. The highest BCUT2D eigenvalue weighted by atomic mass is 15.0. The standard InChI is InChI=1S/C11H14N4/c12-10-2-1-5-15-7-9(14-11(10)15)6-13-8-3-4-8/h1-2,5,7-8,13H,3-4,6,12H2. The van der Waals surface area contributed by atoms with Crippen LogP contribution in [0.5, 0.6) is 0 Å². The summed E-state index contributed by atoms with van der Waals surface area (Å²) in [6, 6.07) is 4.52. The molecule has 3 N–H and O–H groups in total. The Hall–Kier alpha value is -1.55. The zero-order valence-corrected chi connectivity index (χ0v) is 8.48. The largest absolute Gasteiger partial charge is 0.396 e. The number of imidazole rings is 1. The number of pyridine rings is 1. The fourth-order valence-corrected chi connectivity index (χ4v) is 1.71. The summed E-state index contributed by atoms with van der Waals surface area (Å²) in [4.78, 5) is 4.49. The maximum atomic E-state index is 5.83. The molecule has 0 aromatic carbocycles. The first-order valence-electron chi connectivity index (χ1n) is 5.28. The lowest BCUT2D eigenvalue weighted by Gasteiger charge is -1.96. The summed E-state index contributed by atoms with van der Waals surface area (Å²) in [7, 11) is 0. The predicted octanol–water partition coefficient (Wildman–Crippen LogP) is 1.17. The number of anilines is 1. The molecule has 3 rings (SSSR count). The summed E-state index contributed by atoms with van der Waals surface area (Å²) in [6.45, 7) is 0.839. The highest BCUT2D eigenvalue weighted by Crippen LogP contribution is 2.19. The van der Waals surface area contributed by atoms with Crippen molar-refractivity contribution in [3.8, 4) is 0 Å². The zero-order chi connectivity index (χ0) is 10.3. The van der Waals surface area contributed by atoms with E-state index in [2.05, 4.69) is 10.3 Å². The smallest absolute Gasteiger partial charge is 0.160 e. The molecule has 78 valence electrons. The molecule has 0 radical (unpaired) electrons. The molecule has 1 fully saturated rings. The van der Waals surface area contributed by atoms with Gasteiger partial charge < -0.3 is 15.5 Å². The molecule has 0 saturated heterocycles. The third kappa shape index (κ3) is 1.68. The third-order valence-electron chi connectivity index (χ3n) is 2.71. The van der Waals surface area contributed by atoms with Crippen LogP contribution in [0.4, 0.5) is 5.69 Å². The Labute approximate surface area is 88.1 Å². The monoisotopic (exact) mass is 202 g/mol. The van der Waals surface area contributed by atoms with Crippen molar-refractivity contribution in [1.82, 2.24) is 14.7 Å². The van der Waals surface area contributed by atoms with Crippen molar-refractivity contribution >= 4 is 11.3 Å². The molecule has 2 aromatic rings. The average molecular weight is 202 g/mol. The van der Waals surface area contributed by atoms with Gasteiger partial charge in [-0.2, -0.15) is 0 Å². The topological polar surface area (TPSA) is 55.4 Å². The number of aromatic nitrogens is 2. The number of fused-ring (bicyclic) bond motifs is 1. The molecular formula is C11H14N4. The first kappa shape index (κ1) is 8.73. The molecule has 1 aliphatic carbocycles. The molecule has 1 saturated carbocycles. The van der Waals surface area contributed by atoms with Gasteiger partial charge in [0.2, 0.25) is 0 Å². The number of hydrogen-bond acceptors (Lipinski definition) is 3. The van der Waals surface area contributed by atoms with Gasteiger partial charge in [0.15, 0.2) is 5.65 Å². The van der Waals surface area contributed by atoms with E-state index >= 15 is 0 Å². The van der Waals surface area contributed by atoms with Crippen LogP contribution in [-0.2, 0) is 6.54 Å². The van der Waals surface area contributed by atoms with Crippen LogP contribution in [0.2, 0.25) is 0 Å². The quantitative estimate of drug-likeness (QED) is 0.785. The Morgan fingerprint density at radius 1 is 1.53 bits per heavy atom. The van der Waals surface area contributed by atoms with Crippen LogP contribution < -0.4 is 11.1 Å².